The van der Waals surface area contributed by atoms with Gasteiger partial charge in [-0.3, -0.25) is 9.59 Å². The minimum Gasteiger partial charge on any atom is -0.493 e. The predicted molar refractivity (Wildman–Crippen MR) is 144 cm³/mol. The number of carbonyl (C=O) groups is 2. The normalized spacial score (nSPS) is 11.0. The van der Waals surface area contributed by atoms with Crippen LogP contribution in [0.2, 0.25) is 0 Å². The molecule has 0 N–H and O–H groups in total. The van der Waals surface area contributed by atoms with Crippen molar-refractivity contribution >= 4 is 33.0 Å². The third-order valence-electron chi connectivity index (χ3n) is 6.09. The van der Waals surface area contributed by atoms with E-state index in [0.717, 1.165) is 10.9 Å². The van der Waals surface area contributed by atoms with E-state index in [4.69, 9.17) is 9.47 Å². The van der Waals surface area contributed by atoms with Crippen molar-refractivity contribution in [2.24, 2.45) is 0 Å². The van der Waals surface area contributed by atoms with E-state index < -0.39 is 0 Å². The summed E-state index contributed by atoms with van der Waals surface area (Å²) in [6.07, 6.45) is 5.30. The number of aromatic nitrogens is 3. The van der Waals surface area contributed by atoms with Gasteiger partial charge in [0.25, 0.3) is 0 Å². The van der Waals surface area contributed by atoms with Crippen molar-refractivity contribution in [2.45, 2.75) is 19.4 Å². The van der Waals surface area contributed by atoms with Gasteiger partial charge in [0.2, 0.25) is 0 Å². The highest BCUT2D eigenvalue weighted by atomic mass is 32.1. The van der Waals surface area contributed by atoms with E-state index in [1.54, 1.807) is 55.0 Å². The van der Waals surface area contributed by atoms with E-state index in [1.807, 2.05) is 22.2 Å². The highest BCUT2D eigenvalue weighted by Crippen LogP contribution is 2.34. The molecule has 2 aromatic carbocycles. The van der Waals surface area contributed by atoms with Gasteiger partial charge in [-0.05, 0) is 36.4 Å². The molecule has 0 aliphatic rings. The van der Waals surface area contributed by atoms with E-state index in [9.17, 15) is 14.0 Å². The van der Waals surface area contributed by atoms with Gasteiger partial charge in [0.1, 0.15) is 18.1 Å². The van der Waals surface area contributed by atoms with Crippen LogP contribution in [0.3, 0.4) is 0 Å². The fourth-order valence-electron chi connectivity index (χ4n) is 4.10. The molecular formula is C29H24FN3O4S. The lowest BCUT2D eigenvalue weighted by Crippen LogP contribution is -2.09. The number of fused-ring (bicyclic) bond motifs is 1. The first kappa shape index (κ1) is 25.3. The van der Waals surface area contributed by atoms with Crippen molar-refractivity contribution in [3.63, 3.8) is 0 Å². The second-order valence-electron chi connectivity index (χ2n) is 8.53. The molecule has 5 rings (SSSR count). The highest BCUT2D eigenvalue weighted by Gasteiger charge is 2.17. The Morgan fingerprint density at radius 3 is 2.68 bits per heavy atom. The monoisotopic (exact) mass is 529 g/mol. The molecule has 3 heterocycles. The largest absolute Gasteiger partial charge is 0.493 e. The molecule has 7 nitrogen and oxygen atoms in total. The number of halogens is 1. The topological polar surface area (TPSA) is 83.3 Å². The number of pyridine rings is 1. The van der Waals surface area contributed by atoms with Crippen LogP contribution < -0.4 is 9.47 Å². The number of Topliss-reactive ketones (excluding diaryl/α,β-unsaturated/α-hetero) is 2. The molecule has 5 aromatic rings. The van der Waals surface area contributed by atoms with Gasteiger partial charge in [-0.15, -0.1) is 11.3 Å². The van der Waals surface area contributed by atoms with E-state index in [1.165, 1.54) is 24.5 Å². The highest BCUT2D eigenvalue weighted by molar-refractivity contribution is 7.17. The summed E-state index contributed by atoms with van der Waals surface area (Å²) >= 11 is 1.30. The number of rotatable bonds is 11. The van der Waals surface area contributed by atoms with Gasteiger partial charge in [-0.1, -0.05) is 18.2 Å². The van der Waals surface area contributed by atoms with Gasteiger partial charge in [0.15, 0.2) is 23.1 Å². The molecule has 0 aliphatic heterocycles. The summed E-state index contributed by atoms with van der Waals surface area (Å²) in [6, 6.07) is 15.1. The zero-order chi connectivity index (χ0) is 26.5. The molecule has 192 valence electrons. The van der Waals surface area contributed by atoms with Gasteiger partial charge in [-0.2, -0.15) is 0 Å². The Morgan fingerprint density at radius 2 is 1.87 bits per heavy atom. The van der Waals surface area contributed by atoms with Crippen LogP contribution in [0.5, 0.6) is 11.5 Å². The summed E-state index contributed by atoms with van der Waals surface area (Å²) in [7, 11) is 1.51. The van der Waals surface area contributed by atoms with Crippen molar-refractivity contribution in [1.82, 2.24) is 14.5 Å². The molecule has 0 saturated heterocycles. The molecule has 38 heavy (non-hydrogen) atoms. The first-order chi connectivity index (χ1) is 18.5. The van der Waals surface area contributed by atoms with Crippen LogP contribution in [0.4, 0.5) is 4.39 Å². The molecule has 3 aromatic heterocycles. The van der Waals surface area contributed by atoms with E-state index in [-0.39, 0.29) is 35.9 Å². The standard InChI is InChI=1S/C29H24FN3O4S/c1-36-28-16-19(8-11-27(28)37-15-14-33-13-12-31-18-33)25(34)9-10-26(35)24-7-3-6-23(32-24)21-17-38-29-20(21)4-2-5-22(29)30/h2-8,11-13,16-18H,9-10,14-15H2,1H3. The minimum absolute atomic E-state index is 0.0137. The average molecular weight is 530 g/mol. The molecule has 0 aliphatic carbocycles. The fraction of sp³-hybridized carbons (Fsp3) is 0.172. The van der Waals surface area contributed by atoms with Gasteiger partial charge in [-0.25, -0.2) is 14.4 Å². The van der Waals surface area contributed by atoms with Crippen LogP contribution in [0.1, 0.15) is 33.7 Å². The van der Waals surface area contributed by atoms with Gasteiger partial charge in [0, 0.05) is 47.1 Å². The molecular weight excluding hydrogens is 505 g/mol. The third-order valence-corrected chi connectivity index (χ3v) is 7.10. The van der Waals surface area contributed by atoms with Crippen molar-refractivity contribution in [2.75, 3.05) is 13.7 Å². The Kier molecular flexibility index (Phi) is 7.55. The molecule has 0 spiro atoms. The lowest BCUT2D eigenvalue weighted by Gasteiger charge is -2.12. The molecule has 0 atom stereocenters. The maximum atomic E-state index is 14.1. The average Bonchev–Trinajstić information content (AvgIpc) is 3.63. The summed E-state index contributed by atoms with van der Waals surface area (Å²) in [5.41, 5.74) is 2.07. The lowest BCUT2D eigenvalue weighted by atomic mass is 10.0. The number of ether oxygens (including phenoxy) is 2. The summed E-state index contributed by atoms with van der Waals surface area (Å²) in [6.45, 7) is 1.04. The summed E-state index contributed by atoms with van der Waals surface area (Å²) in [5.74, 6) is 0.272. The number of hydrogen-bond donors (Lipinski definition) is 0. The number of hydrogen-bond acceptors (Lipinski definition) is 7. The molecule has 0 saturated carbocycles. The molecule has 0 fully saturated rings. The molecule has 0 amide bonds. The zero-order valence-corrected chi connectivity index (χ0v) is 21.4. The Balaban J connectivity index is 1.22. The van der Waals surface area contributed by atoms with Crippen LogP contribution in [0.15, 0.2) is 78.7 Å². The van der Waals surface area contributed by atoms with Crippen LogP contribution in [-0.2, 0) is 6.54 Å². The SMILES string of the molecule is COc1cc(C(=O)CCC(=O)c2cccc(-c3csc4c(F)cccc34)n2)ccc1OCCn1ccnc1. The van der Waals surface area contributed by atoms with E-state index >= 15 is 0 Å². The number of thiophene rings is 1. The van der Waals surface area contributed by atoms with Crippen molar-refractivity contribution in [1.29, 1.82) is 0 Å². The zero-order valence-electron chi connectivity index (χ0n) is 20.6. The van der Waals surface area contributed by atoms with Gasteiger partial charge < -0.3 is 14.0 Å². The van der Waals surface area contributed by atoms with Crippen LogP contribution >= 0.6 is 11.3 Å². The van der Waals surface area contributed by atoms with Crippen LogP contribution in [0, 0.1) is 5.82 Å². The van der Waals surface area contributed by atoms with Crippen LogP contribution in [0.25, 0.3) is 21.3 Å². The number of nitrogens with zero attached hydrogens (tertiary/aromatic N) is 3. The number of carbonyl (C=O) groups excluding carboxylic acids is 2. The summed E-state index contributed by atoms with van der Waals surface area (Å²) in [5, 5.41) is 2.59. The molecule has 0 unspecified atom stereocenters. The Morgan fingerprint density at radius 1 is 1.03 bits per heavy atom. The summed E-state index contributed by atoms with van der Waals surface area (Å²) in [4.78, 5) is 34.2. The van der Waals surface area contributed by atoms with E-state index in [2.05, 4.69) is 9.97 Å². The van der Waals surface area contributed by atoms with Crippen molar-refractivity contribution in [3.8, 4) is 22.8 Å². The van der Waals surface area contributed by atoms with Gasteiger partial charge >= 0.3 is 0 Å². The Hall–Kier alpha value is -4.37. The van der Waals surface area contributed by atoms with E-state index in [0.29, 0.717) is 40.6 Å². The molecule has 0 radical (unpaired) electrons. The third kappa shape index (κ3) is 5.47. The van der Waals surface area contributed by atoms with Crippen molar-refractivity contribution < 1.29 is 23.5 Å². The number of methoxy groups -OCH3 is 1. The first-order valence-electron chi connectivity index (χ1n) is 12.0. The maximum Gasteiger partial charge on any atom is 0.181 e. The van der Waals surface area contributed by atoms with Crippen molar-refractivity contribution in [3.05, 3.63) is 95.8 Å². The van der Waals surface area contributed by atoms with Crippen LogP contribution in [-0.4, -0.2) is 39.8 Å². The van der Waals surface area contributed by atoms with Gasteiger partial charge in [0.05, 0.1) is 30.4 Å². The number of benzene rings is 2. The lowest BCUT2D eigenvalue weighted by molar-refractivity contribution is 0.0915. The number of imidazole rings is 1. The Labute approximate surface area is 222 Å². The second-order valence-corrected chi connectivity index (χ2v) is 9.41. The minimum atomic E-state index is -0.282. The Bertz CT molecular complexity index is 1600. The molecule has 9 heteroatoms. The predicted octanol–water partition coefficient (Wildman–Crippen LogP) is 6.23. The maximum absolute atomic E-state index is 14.1. The number of ketones is 2. The first-order valence-corrected chi connectivity index (χ1v) is 12.9. The molecule has 0 bridgehead atoms. The smallest absolute Gasteiger partial charge is 0.181 e. The summed E-state index contributed by atoms with van der Waals surface area (Å²) < 4.78 is 27.8. The second kappa shape index (κ2) is 11.4. The quantitative estimate of drug-likeness (QED) is 0.189. The fourth-order valence-corrected chi connectivity index (χ4v) is 5.07.